The van der Waals surface area contributed by atoms with Crippen LogP contribution < -0.4 is 0 Å². The van der Waals surface area contributed by atoms with Crippen LogP contribution >= 0.6 is 0 Å². The van der Waals surface area contributed by atoms with Gasteiger partial charge >= 0.3 is 17.9 Å². The minimum Gasteiger partial charge on any atom is -0.480 e. The maximum absolute atomic E-state index is 11.1. The summed E-state index contributed by atoms with van der Waals surface area (Å²) >= 11 is 0. The van der Waals surface area contributed by atoms with Crippen LogP contribution in [0, 0.1) is 5.92 Å². The highest BCUT2D eigenvalue weighted by atomic mass is 16.5. The van der Waals surface area contributed by atoms with Gasteiger partial charge in [0, 0.05) is 0 Å². The Hall–Kier alpha value is -1.67. The van der Waals surface area contributed by atoms with Gasteiger partial charge in [0.15, 0.2) is 0 Å². The van der Waals surface area contributed by atoms with E-state index in [2.05, 4.69) is 0 Å². The summed E-state index contributed by atoms with van der Waals surface area (Å²) in [4.78, 5) is 32.9. The molecule has 18 heavy (non-hydrogen) atoms. The fourth-order valence-electron chi connectivity index (χ4n) is 1.04. The first-order chi connectivity index (χ1) is 8.23. The summed E-state index contributed by atoms with van der Waals surface area (Å²) in [7, 11) is 0. The lowest BCUT2D eigenvalue weighted by molar-refractivity contribution is -0.158. The molecule has 0 aromatic rings. The van der Waals surface area contributed by atoms with Gasteiger partial charge < -0.3 is 20.1 Å². The summed E-state index contributed by atoms with van der Waals surface area (Å²) in [5, 5.41) is 26.7. The lowest BCUT2D eigenvalue weighted by Gasteiger charge is -2.24. The number of rotatable bonds is 8. The van der Waals surface area contributed by atoms with Gasteiger partial charge in [-0.1, -0.05) is 13.8 Å². The van der Waals surface area contributed by atoms with Gasteiger partial charge in [-0.2, -0.15) is 0 Å². The van der Waals surface area contributed by atoms with Crippen LogP contribution in [0.3, 0.4) is 0 Å². The number of carbonyl (C=O) groups is 3. The second-order valence-corrected chi connectivity index (χ2v) is 3.96. The lowest BCUT2D eigenvalue weighted by atomic mass is 10.2. The van der Waals surface area contributed by atoms with Gasteiger partial charge in [-0.05, 0) is 0 Å². The number of nitrogens with zero attached hydrogens (tertiary/aromatic N) is 1. The molecule has 0 bridgehead atoms. The highest BCUT2D eigenvalue weighted by molar-refractivity contribution is 5.73. The second kappa shape index (κ2) is 7.62. The van der Waals surface area contributed by atoms with Crippen molar-refractivity contribution >= 4 is 17.9 Å². The summed E-state index contributed by atoms with van der Waals surface area (Å²) in [6, 6.07) is 0. The smallest absolute Gasteiger partial charge is 0.317 e. The van der Waals surface area contributed by atoms with E-state index in [1.807, 2.05) is 0 Å². The van der Waals surface area contributed by atoms with E-state index in [-0.39, 0.29) is 5.92 Å². The largest absolute Gasteiger partial charge is 0.480 e. The molecule has 1 atom stereocenters. The molecule has 0 rings (SSSR count). The number of carboxylic acid groups (broad SMARTS) is 2. The molecule has 0 aromatic heterocycles. The van der Waals surface area contributed by atoms with Crippen molar-refractivity contribution in [3.8, 4) is 0 Å². The number of ether oxygens (including phenoxy) is 1. The standard InChI is InChI=1S/C10H17NO7/c1-6(2)10(17)18-5-7(12)11(3-8(13)14)4-9(15)16/h6-7,12H,3-5H2,1-2H3,(H,13,14)(H,15,16). The molecule has 3 N–H and O–H groups in total. The molecule has 0 amide bonds. The maximum atomic E-state index is 11.1. The van der Waals surface area contributed by atoms with Crippen LogP contribution in [0.2, 0.25) is 0 Å². The van der Waals surface area contributed by atoms with Crippen molar-refractivity contribution < 1.29 is 34.4 Å². The molecule has 0 spiro atoms. The first kappa shape index (κ1) is 16.3. The summed E-state index contributed by atoms with van der Waals surface area (Å²) in [5.74, 6) is -3.51. The van der Waals surface area contributed by atoms with Gasteiger partial charge in [0.2, 0.25) is 0 Å². The lowest BCUT2D eigenvalue weighted by Crippen LogP contribution is -2.45. The highest BCUT2D eigenvalue weighted by Crippen LogP contribution is 2.01. The van der Waals surface area contributed by atoms with E-state index < -0.39 is 43.8 Å². The van der Waals surface area contributed by atoms with Crippen molar-refractivity contribution in [3.05, 3.63) is 0 Å². The number of esters is 1. The van der Waals surface area contributed by atoms with Gasteiger partial charge in [0.05, 0.1) is 19.0 Å². The van der Waals surface area contributed by atoms with Crippen molar-refractivity contribution in [3.63, 3.8) is 0 Å². The summed E-state index contributed by atoms with van der Waals surface area (Å²) < 4.78 is 4.69. The van der Waals surface area contributed by atoms with Crippen molar-refractivity contribution in [2.45, 2.75) is 20.1 Å². The quantitative estimate of drug-likeness (QED) is 0.375. The Morgan fingerprint density at radius 2 is 1.56 bits per heavy atom. The third kappa shape index (κ3) is 6.81. The van der Waals surface area contributed by atoms with E-state index in [9.17, 15) is 19.5 Å². The zero-order valence-corrected chi connectivity index (χ0v) is 10.2. The third-order valence-corrected chi connectivity index (χ3v) is 1.94. The summed E-state index contributed by atoms with van der Waals surface area (Å²) in [6.07, 6.45) is -1.47. The van der Waals surface area contributed by atoms with Crippen molar-refractivity contribution in [1.29, 1.82) is 0 Å². The molecule has 0 aliphatic heterocycles. The van der Waals surface area contributed by atoms with Crippen molar-refractivity contribution in [1.82, 2.24) is 4.90 Å². The molecule has 0 aliphatic carbocycles. The summed E-state index contributed by atoms with van der Waals surface area (Å²) in [6.45, 7) is 1.40. The SMILES string of the molecule is CC(C)C(=O)OCC(O)N(CC(=O)O)CC(=O)O. The number of carboxylic acids is 2. The number of aliphatic hydroxyl groups is 1. The Bertz CT molecular complexity index is 299. The molecule has 0 radical (unpaired) electrons. The van der Waals surface area contributed by atoms with Crippen LogP contribution in [-0.2, 0) is 19.1 Å². The van der Waals surface area contributed by atoms with E-state index in [1.165, 1.54) is 0 Å². The molecular formula is C10H17NO7. The molecule has 0 saturated heterocycles. The van der Waals surface area contributed by atoms with Gasteiger partial charge in [-0.25, -0.2) is 0 Å². The van der Waals surface area contributed by atoms with E-state index in [4.69, 9.17) is 14.9 Å². The van der Waals surface area contributed by atoms with E-state index >= 15 is 0 Å². The number of carbonyl (C=O) groups excluding carboxylic acids is 1. The van der Waals surface area contributed by atoms with Gasteiger partial charge in [0.1, 0.15) is 12.8 Å². The Kier molecular flexibility index (Phi) is 6.91. The number of hydrogen-bond donors (Lipinski definition) is 3. The van der Waals surface area contributed by atoms with Gasteiger partial charge in [0.25, 0.3) is 0 Å². The molecule has 0 heterocycles. The Morgan fingerprint density at radius 3 is 1.89 bits per heavy atom. The van der Waals surface area contributed by atoms with Crippen LogP contribution in [0.4, 0.5) is 0 Å². The Balaban J connectivity index is 4.36. The first-order valence-electron chi connectivity index (χ1n) is 5.26. The van der Waals surface area contributed by atoms with Gasteiger partial charge in [-0.15, -0.1) is 0 Å². The fourth-order valence-corrected chi connectivity index (χ4v) is 1.04. The second-order valence-electron chi connectivity index (χ2n) is 3.96. The number of hydrogen-bond acceptors (Lipinski definition) is 6. The molecule has 104 valence electrons. The van der Waals surface area contributed by atoms with Crippen LogP contribution in [0.5, 0.6) is 0 Å². The first-order valence-corrected chi connectivity index (χ1v) is 5.26. The molecule has 1 unspecified atom stereocenters. The minimum absolute atomic E-state index is 0.385. The molecule has 0 fully saturated rings. The van der Waals surface area contributed by atoms with E-state index in [0.717, 1.165) is 4.90 Å². The normalized spacial score (nSPS) is 12.5. The average molecular weight is 263 g/mol. The maximum Gasteiger partial charge on any atom is 0.317 e. The predicted molar refractivity (Wildman–Crippen MR) is 58.6 cm³/mol. The van der Waals surface area contributed by atoms with Crippen molar-refractivity contribution in [2.24, 2.45) is 5.92 Å². The van der Waals surface area contributed by atoms with Crippen LogP contribution in [0.15, 0.2) is 0 Å². The topological polar surface area (TPSA) is 124 Å². The molecule has 8 nitrogen and oxygen atoms in total. The molecule has 0 aliphatic rings. The third-order valence-electron chi connectivity index (χ3n) is 1.94. The fraction of sp³-hybridized carbons (Fsp3) is 0.700. The van der Waals surface area contributed by atoms with Crippen molar-refractivity contribution in [2.75, 3.05) is 19.7 Å². The van der Waals surface area contributed by atoms with E-state index in [1.54, 1.807) is 13.8 Å². The minimum atomic E-state index is -1.47. The average Bonchev–Trinajstić information content (AvgIpc) is 2.22. The van der Waals surface area contributed by atoms with Crippen LogP contribution in [-0.4, -0.2) is 64.1 Å². The number of aliphatic carboxylic acids is 2. The molecule has 0 saturated carbocycles. The number of aliphatic hydroxyl groups excluding tert-OH is 1. The summed E-state index contributed by atoms with van der Waals surface area (Å²) in [5.41, 5.74) is 0. The Labute approximate surface area is 104 Å². The monoisotopic (exact) mass is 263 g/mol. The predicted octanol–water partition coefficient (Wildman–Crippen LogP) is -1.02. The van der Waals surface area contributed by atoms with Gasteiger partial charge in [-0.3, -0.25) is 19.3 Å². The van der Waals surface area contributed by atoms with Crippen LogP contribution in [0.1, 0.15) is 13.8 Å². The zero-order chi connectivity index (χ0) is 14.3. The van der Waals surface area contributed by atoms with Crippen LogP contribution in [0.25, 0.3) is 0 Å². The highest BCUT2D eigenvalue weighted by Gasteiger charge is 2.23. The van der Waals surface area contributed by atoms with E-state index in [0.29, 0.717) is 0 Å². The molecular weight excluding hydrogens is 246 g/mol. The Morgan fingerprint density at radius 1 is 1.11 bits per heavy atom. The molecule has 8 heteroatoms. The molecule has 0 aromatic carbocycles. The zero-order valence-electron chi connectivity index (χ0n) is 10.2.